The first kappa shape index (κ1) is 21.7. The second-order valence-electron chi connectivity index (χ2n) is 9.22. The summed E-state index contributed by atoms with van der Waals surface area (Å²) in [5.74, 6) is 2.86. The molecule has 0 saturated carbocycles. The van der Waals surface area contributed by atoms with Crippen molar-refractivity contribution in [3.63, 3.8) is 0 Å². The van der Waals surface area contributed by atoms with Crippen molar-refractivity contribution in [1.82, 2.24) is 14.9 Å². The first-order valence-corrected chi connectivity index (χ1v) is 12.0. The molecule has 0 bridgehead atoms. The van der Waals surface area contributed by atoms with Crippen molar-refractivity contribution in [3.05, 3.63) is 53.5 Å². The topological polar surface area (TPSA) is 61.8 Å². The van der Waals surface area contributed by atoms with Crippen LogP contribution in [0.15, 0.2) is 30.9 Å². The van der Waals surface area contributed by atoms with Gasteiger partial charge in [0, 0.05) is 56.4 Å². The zero-order chi connectivity index (χ0) is 22.9. The van der Waals surface area contributed by atoms with E-state index >= 15 is 0 Å². The lowest BCUT2D eigenvalue weighted by molar-refractivity contribution is -0.126. The first-order valence-electron chi connectivity index (χ1n) is 12.0. The number of carbonyl (C=O) groups excluding carboxylic acids is 1. The standard InChI is InChI=1S/C26H33N5O2/c1-4-25(32)29-12-14-30(15-13-29)26-22-9-7-20(17-23(22)27-18(2)28-26)31-11-5-6-19-16-21(33-3)8-10-24(19)31/h4,8,10,16,20H,1,5-7,9,11-15,17H2,2-3H3. The van der Waals surface area contributed by atoms with E-state index in [-0.39, 0.29) is 5.91 Å². The Balaban J connectivity index is 1.37. The van der Waals surface area contributed by atoms with Crippen molar-refractivity contribution in [2.75, 3.05) is 49.6 Å². The largest absolute Gasteiger partial charge is 0.497 e. The van der Waals surface area contributed by atoms with Crippen LogP contribution in [-0.4, -0.2) is 66.7 Å². The maximum atomic E-state index is 12.0. The van der Waals surface area contributed by atoms with Gasteiger partial charge in [0.2, 0.25) is 5.91 Å². The average molecular weight is 448 g/mol. The van der Waals surface area contributed by atoms with Crippen LogP contribution in [0.1, 0.15) is 35.5 Å². The maximum absolute atomic E-state index is 12.0. The third-order valence-electron chi connectivity index (χ3n) is 7.29. The van der Waals surface area contributed by atoms with Crippen molar-refractivity contribution in [2.24, 2.45) is 0 Å². The molecule has 33 heavy (non-hydrogen) atoms. The minimum Gasteiger partial charge on any atom is -0.497 e. The number of nitrogens with zero attached hydrogens (tertiary/aromatic N) is 5. The zero-order valence-corrected chi connectivity index (χ0v) is 19.7. The predicted octanol–water partition coefficient (Wildman–Crippen LogP) is 2.94. The average Bonchev–Trinajstić information content (AvgIpc) is 2.86. The molecule has 0 spiro atoms. The molecule has 1 saturated heterocycles. The molecule has 2 aliphatic heterocycles. The molecular weight excluding hydrogens is 414 g/mol. The summed E-state index contributed by atoms with van der Waals surface area (Å²) in [5.41, 5.74) is 5.23. The Morgan fingerprint density at radius 3 is 2.73 bits per heavy atom. The summed E-state index contributed by atoms with van der Waals surface area (Å²) < 4.78 is 5.45. The van der Waals surface area contributed by atoms with Crippen molar-refractivity contribution >= 4 is 17.4 Å². The Kier molecular flexibility index (Phi) is 5.96. The van der Waals surface area contributed by atoms with Crippen molar-refractivity contribution in [3.8, 4) is 5.75 Å². The second-order valence-corrected chi connectivity index (χ2v) is 9.22. The molecule has 3 aliphatic rings. The van der Waals surface area contributed by atoms with Gasteiger partial charge >= 0.3 is 0 Å². The van der Waals surface area contributed by atoms with Crippen molar-refractivity contribution < 1.29 is 9.53 Å². The summed E-state index contributed by atoms with van der Waals surface area (Å²) in [5, 5.41) is 0. The number of hydrogen-bond donors (Lipinski definition) is 0. The third kappa shape index (κ3) is 4.16. The molecule has 0 N–H and O–H groups in total. The lowest BCUT2D eigenvalue weighted by Crippen LogP contribution is -2.49. The minimum atomic E-state index is 0.0119. The number of carbonyl (C=O) groups is 1. The number of benzene rings is 1. The lowest BCUT2D eigenvalue weighted by atomic mass is 9.88. The first-order chi connectivity index (χ1) is 16.1. The summed E-state index contributed by atoms with van der Waals surface area (Å²) in [6.45, 7) is 9.71. The molecule has 1 aliphatic carbocycles. The SMILES string of the molecule is C=CC(=O)N1CCN(c2nc(C)nc3c2CCC(N2CCCc4cc(OC)ccc42)C3)CC1. The van der Waals surface area contributed by atoms with Crippen LogP contribution >= 0.6 is 0 Å². The highest BCUT2D eigenvalue weighted by Gasteiger charge is 2.32. The van der Waals surface area contributed by atoms with Gasteiger partial charge in [-0.3, -0.25) is 4.79 Å². The van der Waals surface area contributed by atoms with Crippen LogP contribution in [0.3, 0.4) is 0 Å². The zero-order valence-electron chi connectivity index (χ0n) is 19.7. The van der Waals surface area contributed by atoms with E-state index in [4.69, 9.17) is 14.7 Å². The fraction of sp³-hybridized carbons (Fsp3) is 0.500. The monoisotopic (exact) mass is 447 g/mol. The predicted molar refractivity (Wildman–Crippen MR) is 130 cm³/mol. The van der Waals surface area contributed by atoms with Gasteiger partial charge in [-0.2, -0.15) is 0 Å². The summed E-state index contributed by atoms with van der Waals surface area (Å²) in [4.78, 5) is 28.5. The molecule has 1 atom stereocenters. The van der Waals surface area contributed by atoms with E-state index in [1.807, 2.05) is 11.8 Å². The lowest BCUT2D eigenvalue weighted by Gasteiger charge is -2.41. The molecule has 2 aromatic rings. The molecule has 7 nitrogen and oxygen atoms in total. The summed E-state index contributed by atoms with van der Waals surface area (Å²) in [7, 11) is 1.73. The van der Waals surface area contributed by atoms with Crippen LogP contribution in [-0.2, 0) is 24.1 Å². The molecule has 7 heteroatoms. The summed E-state index contributed by atoms with van der Waals surface area (Å²) in [6, 6.07) is 6.95. The van der Waals surface area contributed by atoms with Gasteiger partial charge in [-0.1, -0.05) is 6.58 Å². The minimum absolute atomic E-state index is 0.0119. The number of fused-ring (bicyclic) bond motifs is 2. The molecule has 0 radical (unpaired) electrons. The van der Waals surface area contributed by atoms with E-state index in [1.165, 1.54) is 35.0 Å². The highest BCUT2D eigenvalue weighted by Crippen LogP contribution is 2.36. The van der Waals surface area contributed by atoms with E-state index < -0.39 is 0 Å². The van der Waals surface area contributed by atoms with Gasteiger partial charge in [-0.05, 0) is 62.4 Å². The Morgan fingerprint density at radius 2 is 1.97 bits per heavy atom. The van der Waals surface area contributed by atoms with Crippen LogP contribution in [0.25, 0.3) is 0 Å². The van der Waals surface area contributed by atoms with E-state index in [1.54, 1.807) is 7.11 Å². The number of methoxy groups -OCH3 is 1. The normalized spacial score (nSPS) is 20.2. The highest BCUT2D eigenvalue weighted by molar-refractivity contribution is 5.87. The molecule has 1 fully saturated rings. The fourth-order valence-electron chi connectivity index (χ4n) is 5.60. The summed E-state index contributed by atoms with van der Waals surface area (Å²) in [6.07, 6.45) is 6.73. The van der Waals surface area contributed by atoms with Gasteiger partial charge < -0.3 is 19.4 Å². The Morgan fingerprint density at radius 1 is 1.15 bits per heavy atom. The van der Waals surface area contributed by atoms with Crippen LogP contribution < -0.4 is 14.5 Å². The van der Waals surface area contributed by atoms with E-state index in [2.05, 4.69) is 34.6 Å². The molecule has 1 amide bonds. The number of hydrogen-bond acceptors (Lipinski definition) is 6. The highest BCUT2D eigenvalue weighted by atomic mass is 16.5. The van der Waals surface area contributed by atoms with E-state index in [0.29, 0.717) is 19.1 Å². The summed E-state index contributed by atoms with van der Waals surface area (Å²) >= 11 is 0. The molecule has 1 unspecified atom stereocenters. The molecule has 1 aromatic carbocycles. The van der Waals surface area contributed by atoms with Gasteiger partial charge in [0.05, 0.1) is 12.8 Å². The third-order valence-corrected chi connectivity index (χ3v) is 7.29. The van der Waals surface area contributed by atoms with Crippen LogP contribution in [0.2, 0.25) is 0 Å². The van der Waals surface area contributed by atoms with Crippen molar-refractivity contribution in [2.45, 2.75) is 45.1 Å². The van der Waals surface area contributed by atoms with E-state index in [0.717, 1.165) is 62.7 Å². The van der Waals surface area contributed by atoms with Gasteiger partial charge in [-0.15, -0.1) is 0 Å². The number of rotatable bonds is 4. The van der Waals surface area contributed by atoms with Crippen LogP contribution in [0.5, 0.6) is 5.75 Å². The number of anilines is 2. The second kappa shape index (κ2) is 9.04. The quantitative estimate of drug-likeness (QED) is 0.672. The van der Waals surface area contributed by atoms with Gasteiger partial charge in [-0.25, -0.2) is 9.97 Å². The molecule has 5 rings (SSSR count). The Bertz CT molecular complexity index is 1060. The number of aromatic nitrogens is 2. The van der Waals surface area contributed by atoms with Crippen LogP contribution in [0, 0.1) is 6.92 Å². The fourth-order valence-corrected chi connectivity index (χ4v) is 5.60. The van der Waals surface area contributed by atoms with Gasteiger partial charge in [0.1, 0.15) is 17.4 Å². The molecular formula is C26H33N5O2. The number of aryl methyl sites for hydroxylation is 2. The maximum Gasteiger partial charge on any atom is 0.246 e. The smallest absolute Gasteiger partial charge is 0.246 e. The van der Waals surface area contributed by atoms with Gasteiger partial charge in [0.15, 0.2) is 0 Å². The molecule has 3 heterocycles. The Hall–Kier alpha value is -3.09. The van der Waals surface area contributed by atoms with Crippen LogP contribution in [0.4, 0.5) is 11.5 Å². The Labute approximate surface area is 196 Å². The number of piperazine rings is 1. The van der Waals surface area contributed by atoms with Crippen molar-refractivity contribution in [1.29, 1.82) is 0 Å². The van der Waals surface area contributed by atoms with Gasteiger partial charge in [0.25, 0.3) is 0 Å². The van der Waals surface area contributed by atoms with E-state index in [9.17, 15) is 4.79 Å². The molecule has 1 aromatic heterocycles. The number of ether oxygens (including phenoxy) is 1. The molecule has 174 valence electrons. The number of amides is 1.